The topological polar surface area (TPSA) is 158 Å². The van der Waals surface area contributed by atoms with Gasteiger partial charge in [0.25, 0.3) is 0 Å². The molecule has 3 aromatic rings. The smallest absolute Gasteiger partial charge is 0.320 e. The van der Waals surface area contributed by atoms with Crippen LogP contribution in [-0.2, 0) is 11.2 Å². The molecule has 0 unspecified atom stereocenters. The molecule has 1 aromatic carbocycles. The van der Waals surface area contributed by atoms with Crippen LogP contribution in [0.3, 0.4) is 0 Å². The fourth-order valence-electron chi connectivity index (χ4n) is 3.37. The van der Waals surface area contributed by atoms with E-state index in [1.54, 1.807) is 7.11 Å². The summed E-state index contributed by atoms with van der Waals surface area (Å²) in [5, 5.41) is 29.6. The number of hydrogen-bond donors (Lipinski definition) is 4. The van der Waals surface area contributed by atoms with E-state index >= 15 is 0 Å². The molecular formula is C19H23N5O6. The van der Waals surface area contributed by atoms with Gasteiger partial charge in [-0.15, -0.1) is 0 Å². The van der Waals surface area contributed by atoms with Gasteiger partial charge in [0.15, 0.2) is 23.2 Å². The van der Waals surface area contributed by atoms with Crippen LogP contribution < -0.4 is 15.2 Å². The second kappa shape index (κ2) is 8.40. The van der Waals surface area contributed by atoms with Crippen molar-refractivity contribution in [3.63, 3.8) is 0 Å². The third kappa shape index (κ3) is 3.75. The molecule has 11 nitrogen and oxygen atoms in total. The quantitative estimate of drug-likeness (QED) is 0.400. The summed E-state index contributed by atoms with van der Waals surface area (Å²) in [6, 6.07) is 7.69. The van der Waals surface area contributed by atoms with Gasteiger partial charge < -0.3 is 35.3 Å². The first kappa shape index (κ1) is 20.3. The van der Waals surface area contributed by atoms with Crippen molar-refractivity contribution < 1.29 is 29.5 Å². The van der Waals surface area contributed by atoms with Crippen molar-refractivity contribution in [3.8, 4) is 11.8 Å². The Balaban J connectivity index is 1.53. The van der Waals surface area contributed by atoms with Gasteiger partial charge in [-0.2, -0.15) is 9.97 Å². The summed E-state index contributed by atoms with van der Waals surface area (Å²) in [6.45, 7) is -0.128. The highest BCUT2D eigenvalue weighted by atomic mass is 16.6. The Morgan fingerprint density at radius 2 is 2.07 bits per heavy atom. The molecule has 0 amide bonds. The summed E-state index contributed by atoms with van der Waals surface area (Å²) >= 11 is 0. The van der Waals surface area contributed by atoms with Crippen LogP contribution in [0.15, 0.2) is 30.6 Å². The number of aliphatic hydroxyl groups excluding tert-OH is 3. The van der Waals surface area contributed by atoms with Gasteiger partial charge in [-0.3, -0.25) is 4.57 Å². The predicted octanol–water partition coefficient (Wildman–Crippen LogP) is -0.350. The zero-order valence-electron chi connectivity index (χ0n) is 16.3. The summed E-state index contributed by atoms with van der Waals surface area (Å²) in [7, 11) is 1.61. The number of imidazole rings is 1. The standard InChI is InChI=1S/C19H23N5O6/c1-28-11-4-2-3-10(7-11)5-6-29-19-22-16(20)13-17(23-19)24(9-21-13)18-15(27)14(26)12(8-25)30-18/h2-4,7,9,12,14-15,18,25-27H,5-6,8H2,1H3,(H2,20,22,23)/t12-,14-,15-,18-/m1/s1. The molecule has 11 heteroatoms. The van der Waals surface area contributed by atoms with Crippen LogP contribution in [0.2, 0.25) is 0 Å². The largest absolute Gasteiger partial charge is 0.497 e. The molecule has 1 aliphatic rings. The summed E-state index contributed by atoms with van der Waals surface area (Å²) in [5.74, 6) is 0.874. The Labute approximate surface area is 171 Å². The molecule has 0 radical (unpaired) electrons. The van der Waals surface area contributed by atoms with Crippen LogP contribution in [-0.4, -0.2) is 73.5 Å². The molecule has 3 heterocycles. The highest BCUT2D eigenvalue weighted by molar-refractivity contribution is 5.82. The maximum Gasteiger partial charge on any atom is 0.320 e. The van der Waals surface area contributed by atoms with E-state index in [1.165, 1.54) is 10.9 Å². The van der Waals surface area contributed by atoms with E-state index in [0.717, 1.165) is 11.3 Å². The number of anilines is 1. The molecular weight excluding hydrogens is 394 g/mol. The van der Waals surface area contributed by atoms with E-state index in [4.69, 9.17) is 19.9 Å². The second-order valence-corrected chi connectivity index (χ2v) is 6.89. The molecule has 2 aromatic heterocycles. The van der Waals surface area contributed by atoms with Gasteiger partial charge in [0.05, 0.1) is 26.7 Å². The molecule has 160 valence electrons. The molecule has 4 atom stereocenters. The van der Waals surface area contributed by atoms with E-state index in [1.807, 2.05) is 24.3 Å². The van der Waals surface area contributed by atoms with Crippen molar-refractivity contribution in [2.75, 3.05) is 26.1 Å². The average Bonchev–Trinajstić information content (AvgIpc) is 3.29. The molecule has 0 saturated carbocycles. The molecule has 5 N–H and O–H groups in total. The van der Waals surface area contributed by atoms with Crippen LogP contribution in [0.4, 0.5) is 5.82 Å². The number of fused-ring (bicyclic) bond motifs is 1. The zero-order chi connectivity index (χ0) is 21.3. The van der Waals surface area contributed by atoms with Crippen molar-refractivity contribution in [1.29, 1.82) is 0 Å². The van der Waals surface area contributed by atoms with E-state index in [9.17, 15) is 15.3 Å². The molecule has 30 heavy (non-hydrogen) atoms. The Bertz CT molecular complexity index is 1030. The number of ether oxygens (including phenoxy) is 3. The van der Waals surface area contributed by atoms with E-state index in [2.05, 4.69) is 15.0 Å². The fraction of sp³-hybridized carbons (Fsp3) is 0.421. The summed E-state index contributed by atoms with van der Waals surface area (Å²) in [4.78, 5) is 12.6. The SMILES string of the molecule is COc1cccc(CCOc2nc(N)c3ncn([C@@H]4O[C@H](CO)[C@@H](O)[C@H]4O)c3n2)c1. The van der Waals surface area contributed by atoms with Crippen LogP contribution in [0.25, 0.3) is 11.2 Å². The summed E-state index contributed by atoms with van der Waals surface area (Å²) < 4.78 is 17.9. The zero-order valence-corrected chi connectivity index (χ0v) is 16.3. The Morgan fingerprint density at radius 1 is 1.23 bits per heavy atom. The van der Waals surface area contributed by atoms with Gasteiger partial charge in [0.2, 0.25) is 0 Å². The molecule has 0 spiro atoms. The van der Waals surface area contributed by atoms with Crippen LogP contribution in [0.5, 0.6) is 11.8 Å². The number of benzene rings is 1. The van der Waals surface area contributed by atoms with Gasteiger partial charge in [-0.25, -0.2) is 4.98 Å². The van der Waals surface area contributed by atoms with Crippen molar-refractivity contribution >= 4 is 17.0 Å². The number of nitrogen functional groups attached to an aromatic ring is 1. The molecule has 1 saturated heterocycles. The third-order valence-electron chi connectivity index (χ3n) is 4.98. The third-order valence-corrected chi connectivity index (χ3v) is 4.98. The predicted molar refractivity (Wildman–Crippen MR) is 105 cm³/mol. The number of hydrogen-bond acceptors (Lipinski definition) is 10. The molecule has 1 aliphatic heterocycles. The second-order valence-electron chi connectivity index (χ2n) is 6.89. The summed E-state index contributed by atoms with van der Waals surface area (Å²) in [6.07, 6.45) is -2.42. The van der Waals surface area contributed by atoms with Gasteiger partial charge in [-0.1, -0.05) is 12.1 Å². The van der Waals surface area contributed by atoms with Crippen LogP contribution in [0, 0.1) is 0 Å². The minimum Gasteiger partial charge on any atom is -0.497 e. The minimum atomic E-state index is -1.27. The Kier molecular flexibility index (Phi) is 5.68. The van der Waals surface area contributed by atoms with Crippen molar-refractivity contribution in [1.82, 2.24) is 19.5 Å². The van der Waals surface area contributed by atoms with E-state index < -0.39 is 31.1 Å². The Hall–Kier alpha value is -2.99. The highest BCUT2D eigenvalue weighted by Gasteiger charge is 2.44. The van der Waals surface area contributed by atoms with E-state index in [-0.39, 0.29) is 17.5 Å². The van der Waals surface area contributed by atoms with Crippen molar-refractivity contribution in [2.45, 2.75) is 31.0 Å². The molecule has 4 rings (SSSR count). The molecule has 0 bridgehead atoms. The normalized spacial score (nSPS) is 23.7. The highest BCUT2D eigenvalue weighted by Crippen LogP contribution is 2.32. The first-order valence-electron chi connectivity index (χ1n) is 9.40. The first-order valence-corrected chi connectivity index (χ1v) is 9.40. The number of methoxy groups -OCH3 is 1. The van der Waals surface area contributed by atoms with Gasteiger partial charge in [0, 0.05) is 6.42 Å². The maximum atomic E-state index is 10.3. The number of aliphatic hydroxyl groups is 3. The lowest BCUT2D eigenvalue weighted by Gasteiger charge is -2.16. The van der Waals surface area contributed by atoms with Gasteiger partial charge in [0.1, 0.15) is 24.1 Å². The number of nitrogens with two attached hydrogens (primary N) is 1. The number of nitrogens with zero attached hydrogens (tertiary/aromatic N) is 4. The summed E-state index contributed by atoms with van der Waals surface area (Å²) in [5.41, 5.74) is 7.62. The van der Waals surface area contributed by atoms with Crippen molar-refractivity contribution in [3.05, 3.63) is 36.2 Å². The number of rotatable bonds is 7. The molecule has 0 aliphatic carbocycles. The lowest BCUT2D eigenvalue weighted by atomic mass is 10.1. The van der Waals surface area contributed by atoms with Crippen LogP contribution in [0.1, 0.15) is 11.8 Å². The molecule has 1 fully saturated rings. The van der Waals surface area contributed by atoms with E-state index in [0.29, 0.717) is 18.5 Å². The number of aromatic nitrogens is 4. The Morgan fingerprint density at radius 3 is 2.80 bits per heavy atom. The first-order chi connectivity index (χ1) is 14.5. The van der Waals surface area contributed by atoms with Crippen molar-refractivity contribution in [2.24, 2.45) is 0 Å². The van der Waals surface area contributed by atoms with Crippen LogP contribution >= 0.6 is 0 Å². The lowest BCUT2D eigenvalue weighted by molar-refractivity contribution is -0.0511. The monoisotopic (exact) mass is 417 g/mol. The fourth-order valence-corrected chi connectivity index (χ4v) is 3.37. The average molecular weight is 417 g/mol. The van der Waals surface area contributed by atoms with Gasteiger partial charge in [-0.05, 0) is 17.7 Å². The van der Waals surface area contributed by atoms with Gasteiger partial charge >= 0.3 is 6.01 Å². The lowest BCUT2D eigenvalue weighted by Crippen LogP contribution is -2.33. The maximum absolute atomic E-state index is 10.3. The minimum absolute atomic E-state index is 0.0522.